The molecule has 2 amide bonds. The fourth-order valence-corrected chi connectivity index (χ4v) is 1.73. The van der Waals surface area contributed by atoms with Gasteiger partial charge in [-0.2, -0.15) is 0 Å². The molecule has 0 aliphatic heterocycles. The van der Waals surface area contributed by atoms with Crippen molar-refractivity contribution in [1.82, 2.24) is 20.8 Å². The van der Waals surface area contributed by atoms with Crippen LogP contribution >= 0.6 is 0 Å². The number of amides is 2. The molecule has 0 fully saturated rings. The summed E-state index contributed by atoms with van der Waals surface area (Å²) in [6, 6.07) is 9.13. The zero-order valence-corrected chi connectivity index (χ0v) is 11.8. The Morgan fingerprint density at radius 3 is 2.52 bits per heavy atom. The number of nitrogens with zero attached hydrogens (tertiary/aromatic N) is 2. The molecule has 1 aromatic carbocycles. The molecule has 7 nitrogen and oxygen atoms in total. The van der Waals surface area contributed by atoms with E-state index in [0.29, 0.717) is 5.89 Å². The Morgan fingerprint density at radius 2 is 1.90 bits per heavy atom. The third-order valence-corrected chi connectivity index (χ3v) is 2.82. The Balaban J connectivity index is 1.84. The van der Waals surface area contributed by atoms with Crippen molar-refractivity contribution >= 4 is 11.8 Å². The maximum absolute atomic E-state index is 11.8. The highest BCUT2D eigenvalue weighted by Crippen LogP contribution is 2.10. The fourth-order valence-electron chi connectivity index (χ4n) is 1.73. The Hall–Kier alpha value is -2.70. The second-order valence-corrected chi connectivity index (χ2v) is 4.50. The molecular weight excluding hydrogens is 272 g/mol. The van der Waals surface area contributed by atoms with Crippen molar-refractivity contribution < 1.29 is 14.0 Å². The van der Waals surface area contributed by atoms with Crippen LogP contribution in [0.1, 0.15) is 30.3 Å². The van der Waals surface area contributed by atoms with Crippen molar-refractivity contribution in [3.8, 4) is 0 Å². The van der Waals surface area contributed by atoms with E-state index in [1.165, 1.54) is 0 Å². The van der Waals surface area contributed by atoms with Crippen LogP contribution in [0.5, 0.6) is 0 Å². The van der Waals surface area contributed by atoms with Crippen LogP contribution in [0.4, 0.5) is 0 Å². The number of benzene rings is 1. The predicted octanol–water partition coefficient (Wildman–Crippen LogP) is 0.872. The van der Waals surface area contributed by atoms with Crippen LogP contribution in [0.3, 0.4) is 0 Å². The number of hydrogen-bond donors (Lipinski definition) is 2. The Labute approximate surface area is 121 Å². The minimum atomic E-state index is -0.742. The molecule has 1 heterocycles. The van der Waals surface area contributed by atoms with Crippen molar-refractivity contribution in [2.24, 2.45) is 0 Å². The van der Waals surface area contributed by atoms with Gasteiger partial charge in [-0.1, -0.05) is 30.3 Å². The van der Waals surface area contributed by atoms with Crippen LogP contribution < -0.4 is 10.6 Å². The van der Waals surface area contributed by atoms with Gasteiger partial charge >= 0.3 is 11.8 Å². The first kappa shape index (κ1) is 14.7. The van der Waals surface area contributed by atoms with Crippen LogP contribution in [0.25, 0.3) is 0 Å². The molecule has 0 bridgehead atoms. The molecule has 21 heavy (non-hydrogen) atoms. The highest BCUT2D eigenvalue weighted by atomic mass is 16.4. The van der Waals surface area contributed by atoms with Gasteiger partial charge in [0.2, 0.25) is 11.8 Å². The Bertz CT molecular complexity index is 624. The summed E-state index contributed by atoms with van der Waals surface area (Å²) in [5.41, 5.74) is 0.922. The molecule has 0 saturated carbocycles. The highest BCUT2D eigenvalue weighted by Gasteiger charge is 2.17. The molecule has 0 aliphatic carbocycles. The third kappa shape index (κ3) is 4.13. The van der Waals surface area contributed by atoms with E-state index in [1.807, 2.05) is 37.3 Å². The molecule has 1 aromatic heterocycles. The lowest BCUT2D eigenvalue weighted by molar-refractivity contribution is -0.139. The van der Waals surface area contributed by atoms with E-state index in [2.05, 4.69) is 20.8 Å². The van der Waals surface area contributed by atoms with Gasteiger partial charge in [0.05, 0.1) is 12.6 Å². The maximum atomic E-state index is 11.8. The van der Waals surface area contributed by atoms with Gasteiger partial charge in [-0.25, -0.2) is 0 Å². The van der Waals surface area contributed by atoms with Gasteiger partial charge < -0.3 is 15.1 Å². The molecule has 0 aliphatic rings. The normalized spacial score (nSPS) is 11.7. The number of aromatic nitrogens is 2. The van der Waals surface area contributed by atoms with Gasteiger partial charge in [-0.15, -0.1) is 10.2 Å². The lowest BCUT2D eigenvalue weighted by Gasteiger charge is -2.13. The fraction of sp³-hybridized carbons (Fsp3) is 0.286. The highest BCUT2D eigenvalue weighted by molar-refractivity contribution is 6.35. The molecule has 2 rings (SSSR count). The summed E-state index contributed by atoms with van der Waals surface area (Å²) in [6.45, 7) is 3.47. The van der Waals surface area contributed by atoms with Crippen LogP contribution in [0.15, 0.2) is 34.7 Å². The number of nitrogens with one attached hydrogen (secondary N) is 2. The number of aryl methyl sites for hydroxylation is 1. The smallest absolute Gasteiger partial charge is 0.309 e. The van der Waals surface area contributed by atoms with Gasteiger partial charge in [0.25, 0.3) is 0 Å². The van der Waals surface area contributed by atoms with Crippen LogP contribution in [0, 0.1) is 6.92 Å². The number of rotatable bonds is 4. The molecule has 0 radical (unpaired) electrons. The van der Waals surface area contributed by atoms with Crippen LogP contribution in [-0.2, 0) is 16.1 Å². The summed E-state index contributed by atoms with van der Waals surface area (Å²) in [6.07, 6.45) is 0. The van der Waals surface area contributed by atoms with Crippen molar-refractivity contribution in [2.45, 2.75) is 26.4 Å². The zero-order chi connectivity index (χ0) is 15.2. The average molecular weight is 288 g/mol. The summed E-state index contributed by atoms with van der Waals surface area (Å²) >= 11 is 0. The minimum absolute atomic E-state index is 0.0206. The topological polar surface area (TPSA) is 97.1 Å². The molecule has 110 valence electrons. The van der Waals surface area contributed by atoms with E-state index >= 15 is 0 Å². The first-order valence-electron chi connectivity index (χ1n) is 6.49. The van der Waals surface area contributed by atoms with Gasteiger partial charge in [0.1, 0.15) is 0 Å². The lowest BCUT2D eigenvalue weighted by atomic mass is 10.1. The number of hydrogen-bond acceptors (Lipinski definition) is 5. The van der Waals surface area contributed by atoms with E-state index in [9.17, 15) is 9.59 Å². The van der Waals surface area contributed by atoms with E-state index in [4.69, 9.17) is 4.42 Å². The van der Waals surface area contributed by atoms with Gasteiger partial charge in [-0.3, -0.25) is 9.59 Å². The SMILES string of the molecule is Cc1nnc(CNC(=O)C(=O)N[C@H](C)c2ccccc2)o1. The van der Waals surface area contributed by atoms with E-state index in [-0.39, 0.29) is 18.5 Å². The second-order valence-electron chi connectivity index (χ2n) is 4.50. The minimum Gasteiger partial charge on any atom is -0.424 e. The monoisotopic (exact) mass is 288 g/mol. The van der Waals surface area contributed by atoms with Gasteiger partial charge in [-0.05, 0) is 12.5 Å². The molecule has 0 spiro atoms. The van der Waals surface area contributed by atoms with Crippen molar-refractivity contribution in [1.29, 1.82) is 0 Å². The summed E-state index contributed by atoms with van der Waals surface area (Å²) < 4.78 is 5.10. The van der Waals surface area contributed by atoms with Crippen molar-refractivity contribution in [3.05, 3.63) is 47.7 Å². The molecule has 0 unspecified atom stereocenters. The number of carbonyl (C=O) groups excluding carboxylic acids is 2. The largest absolute Gasteiger partial charge is 0.424 e. The van der Waals surface area contributed by atoms with Gasteiger partial charge in [0.15, 0.2) is 0 Å². The average Bonchev–Trinajstić information content (AvgIpc) is 2.91. The van der Waals surface area contributed by atoms with Crippen LogP contribution in [-0.4, -0.2) is 22.0 Å². The van der Waals surface area contributed by atoms with Crippen molar-refractivity contribution in [3.63, 3.8) is 0 Å². The summed E-state index contributed by atoms with van der Waals surface area (Å²) in [5.74, 6) is -0.789. The third-order valence-electron chi connectivity index (χ3n) is 2.82. The van der Waals surface area contributed by atoms with E-state index < -0.39 is 11.8 Å². The molecule has 2 N–H and O–H groups in total. The Kier molecular flexibility index (Phi) is 4.65. The lowest BCUT2D eigenvalue weighted by Crippen LogP contribution is -2.40. The van der Waals surface area contributed by atoms with Crippen LogP contribution in [0.2, 0.25) is 0 Å². The van der Waals surface area contributed by atoms with E-state index in [0.717, 1.165) is 5.56 Å². The Morgan fingerprint density at radius 1 is 1.19 bits per heavy atom. The molecule has 1 atom stereocenters. The maximum Gasteiger partial charge on any atom is 0.309 e. The number of carbonyl (C=O) groups is 2. The first-order valence-corrected chi connectivity index (χ1v) is 6.49. The van der Waals surface area contributed by atoms with Crippen molar-refractivity contribution in [2.75, 3.05) is 0 Å². The van der Waals surface area contributed by atoms with E-state index in [1.54, 1.807) is 6.92 Å². The summed E-state index contributed by atoms with van der Waals surface area (Å²) in [5, 5.41) is 12.4. The zero-order valence-electron chi connectivity index (χ0n) is 11.8. The summed E-state index contributed by atoms with van der Waals surface area (Å²) in [7, 11) is 0. The molecule has 0 saturated heterocycles. The van der Waals surface area contributed by atoms with Gasteiger partial charge in [0, 0.05) is 6.92 Å². The molecule has 7 heteroatoms. The summed E-state index contributed by atoms with van der Waals surface area (Å²) in [4.78, 5) is 23.4. The second kappa shape index (κ2) is 6.65. The molecular formula is C14H16N4O3. The predicted molar refractivity (Wildman–Crippen MR) is 73.9 cm³/mol. The standard InChI is InChI=1S/C14H16N4O3/c1-9(11-6-4-3-5-7-11)16-14(20)13(19)15-8-12-18-17-10(2)21-12/h3-7,9H,8H2,1-2H3,(H,15,19)(H,16,20)/t9-/m1/s1. The quantitative estimate of drug-likeness (QED) is 0.814. The molecule has 2 aromatic rings. The first-order chi connectivity index (χ1) is 10.1.